The minimum absolute atomic E-state index is 0.526. The van der Waals surface area contributed by atoms with Gasteiger partial charge in [0.25, 0.3) is 0 Å². The molecule has 0 aliphatic carbocycles. The lowest BCUT2D eigenvalue weighted by Gasteiger charge is -1.96. The van der Waals surface area contributed by atoms with Crippen LogP contribution in [0.5, 0.6) is 0 Å². The summed E-state index contributed by atoms with van der Waals surface area (Å²) in [5, 5.41) is 13.5. The van der Waals surface area contributed by atoms with Gasteiger partial charge in [0.2, 0.25) is 0 Å². The Balaban J connectivity index is 1.71. The molecule has 0 spiro atoms. The molecule has 0 saturated heterocycles. The zero-order valence-corrected chi connectivity index (χ0v) is 10.6. The maximum absolute atomic E-state index is 5.45. The highest BCUT2D eigenvalue weighted by Gasteiger charge is 2.06. The van der Waals surface area contributed by atoms with Gasteiger partial charge in [-0.2, -0.15) is 4.80 Å². The van der Waals surface area contributed by atoms with Crippen LogP contribution in [0.3, 0.4) is 0 Å². The maximum Gasteiger partial charge on any atom is 0.175 e. The van der Waals surface area contributed by atoms with Gasteiger partial charge in [-0.3, -0.25) is 0 Å². The summed E-state index contributed by atoms with van der Waals surface area (Å²) >= 11 is 0. The molecule has 2 aromatic heterocycles. The number of fused-ring (bicyclic) bond motifs is 1. The first kappa shape index (κ1) is 11.9. The van der Waals surface area contributed by atoms with Crippen molar-refractivity contribution in [2.24, 2.45) is 5.73 Å². The Morgan fingerprint density at radius 3 is 3.00 bits per heavy atom. The molecule has 1 aromatic carbocycles. The highest BCUT2D eigenvalue weighted by atomic mass is 15.6. The molecule has 0 aliphatic rings. The second kappa shape index (κ2) is 5.19. The molecule has 0 aliphatic heterocycles. The first-order valence-corrected chi connectivity index (χ1v) is 6.38. The molecular formula is C13H16N6. The summed E-state index contributed by atoms with van der Waals surface area (Å²) in [5.41, 5.74) is 7.90. The summed E-state index contributed by atoms with van der Waals surface area (Å²) in [5.74, 6) is 0.763. The quantitative estimate of drug-likeness (QED) is 0.710. The molecule has 6 nitrogen and oxygen atoms in total. The number of nitrogens with two attached hydrogens (primary N) is 1. The summed E-state index contributed by atoms with van der Waals surface area (Å²) in [6, 6.07) is 8.28. The van der Waals surface area contributed by atoms with Crippen LogP contribution in [0.1, 0.15) is 11.4 Å². The number of nitrogens with one attached hydrogen (secondary N) is 1. The zero-order chi connectivity index (χ0) is 13.1. The second-order valence-electron chi connectivity index (χ2n) is 4.45. The van der Waals surface area contributed by atoms with Crippen molar-refractivity contribution in [2.45, 2.75) is 19.4 Å². The first-order chi connectivity index (χ1) is 9.36. The fraction of sp³-hybridized carbons (Fsp3) is 0.308. The number of H-pyrrole nitrogens is 1. The average Bonchev–Trinajstić information content (AvgIpc) is 3.04. The van der Waals surface area contributed by atoms with E-state index in [2.05, 4.69) is 44.8 Å². The Bertz CT molecular complexity index is 668. The van der Waals surface area contributed by atoms with Gasteiger partial charge in [-0.1, -0.05) is 18.2 Å². The summed E-state index contributed by atoms with van der Waals surface area (Å²) in [6.45, 7) is 1.14. The molecular weight excluding hydrogens is 240 g/mol. The topological polar surface area (TPSA) is 85.4 Å². The Kier molecular flexibility index (Phi) is 3.24. The van der Waals surface area contributed by atoms with Gasteiger partial charge in [-0.25, -0.2) is 0 Å². The van der Waals surface area contributed by atoms with Crippen LogP contribution in [-0.4, -0.2) is 31.7 Å². The Morgan fingerprint density at radius 2 is 2.11 bits per heavy atom. The lowest BCUT2D eigenvalue weighted by molar-refractivity contribution is 0.528. The number of nitrogens with zero attached hydrogens (tertiary/aromatic N) is 4. The molecule has 0 bridgehead atoms. The fourth-order valence-electron chi connectivity index (χ4n) is 2.17. The third kappa shape index (κ3) is 2.48. The molecule has 0 atom stereocenters. The number of para-hydroxylation sites is 1. The van der Waals surface area contributed by atoms with Crippen LogP contribution in [0.25, 0.3) is 10.9 Å². The fourth-order valence-corrected chi connectivity index (χ4v) is 2.17. The van der Waals surface area contributed by atoms with Crippen molar-refractivity contribution in [1.29, 1.82) is 0 Å². The molecule has 98 valence electrons. The number of hydrogen-bond acceptors (Lipinski definition) is 4. The Hall–Kier alpha value is -2.21. The van der Waals surface area contributed by atoms with Crippen molar-refractivity contribution in [1.82, 2.24) is 25.2 Å². The second-order valence-corrected chi connectivity index (χ2v) is 4.45. The molecule has 0 radical (unpaired) electrons. The molecule has 3 aromatic rings. The van der Waals surface area contributed by atoms with E-state index in [1.807, 2.05) is 6.07 Å². The lowest BCUT2D eigenvalue weighted by Crippen LogP contribution is -2.12. The van der Waals surface area contributed by atoms with Gasteiger partial charge in [-0.15, -0.1) is 10.2 Å². The van der Waals surface area contributed by atoms with Crippen LogP contribution >= 0.6 is 0 Å². The van der Waals surface area contributed by atoms with E-state index in [-0.39, 0.29) is 0 Å². The predicted octanol–water partition coefficient (Wildman–Crippen LogP) is 0.898. The SMILES string of the molecule is NCCn1nnc(CCc2c[nH]c3ccccc23)n1. The van der Waals surface area contributed by atoms with Crippen molar-refractivity contribution >= 4 is 10.9 Å². The summed E-state index contributed by atoms with van der Waals surface area (Å²) in [7, 11) is 0. The van der Waals surface area contributed by atoms with Crippen molar-refractivity contribution in [3.63, 3.8) is 0 Å². The molecule has 0 fully saturated rings. The Morgan fingerprint density at radius 1 is 1.21 bits per heavy atom. The molecule has 0 amide bonds. The molecule has 6 heteroatoms. The molecule has 3 N–H and O–H groups in total. The maximum atomic E-state index is 5.45. The first-order valence-electron chi connectivity index (χ1n) is 6.38. The smallest absolute Gasteiger partial charge is 0.175 e. The summed E-state index contributed by atoms with van der Waals surface area (Å²) in [4.78, 5) is 4.82. The lowest BCUT2D eigenvalue weighted by atomic mass is 10.1. The van der Waals surface area contributed by atoms with Crippen molar-refractivity contribution < 1.29 is 0 Å². The van der Waals surface area contributed by atoms with E-state index in [1.54, 1.807) is 4.80 Å². The molecule has 19 heavy (non-hydrogen) atoms. The van der Waals surface area contributed by atoms with Crippen LogP contribution in [0, 0.1) is 0 Å². The number of aromatic nitrogens is 5. The number of tetrazole rings is 1. The standard InChI is InChI=1S/C13H16N6/c14-7-8-19-17-13(16-18-19)6-5-10-9-15-12-4-2-1-3-11(10)12/h1-4,9,15H,5-8,14H2. The minimum Gasteiger partial charge on any atom is -0.361 e. The minimum atomic E-state index is 0.526. The molecule has 2 heterocycles. The van der Waals surface area contributed by atoms with E-state index < -0.39 is 0 Å². The van der Waals surface area contributed by atoms with E-state index in [0.717, 1.165) is 24.2 Å². The van der Waals surface area contributed by atoms with Gasteiger partial charge in [0.1, 0.15) is 0 Å². The number of hydrogen-bond donors (Lipinski definition) is 2. The monoisotopic (exact) mass is 256 g/mol. The van der Waals surface area contributed by atoms with Gasteiger partial charge in [0, 0.05) is 30.1 Å². The van der Waals surface area contributed by atoms with Gasteiger partial charge in [-0.05, 0) is 23.3 Å². The summed E-state index contributed by atoms with van der Waals surface area (Å²) < 4.78 is 0. The van der Waals surface area contributed by atoms with E-state index in [4.69, 9.17) is 5.73 Å². The number of aryl methyl sites for hydroxylation is 2. The van der Waals surface area contributed by atoms with Crippen LogP contribution < -0.4 is 5.73 Å². The average molecular weight is 256 g/mol. The summed E-state index contributed by atoms with van der Waals surface area (Å²) in [6.07, 6.45) is 3.74. The Labute approximate surface area is 110 Å². The molecule has 0 saturated carbocycles. The van der Waals surface area contributed by atoms with Gasteiger partial charge < -0.3 is 10.7 Å². The number of rotatable bonds is 5. The third-order valence-electron chi connectivity index (χ3n) is 3.12. The van der Waals surface area contributed by atoms with Crippen LogP contribution in [0.15, 0.2) is 30.5 Å². The van der Waals surface area contributed by atoms with E-state index in [1.165, 1.54) is 10.9 Å². The number of benzene rings is 1. The molecule has 3 rings (SSSR count). The van der Waals surface area contributed by atoms with Crippen LogP contribution in [0.4, 0.5) is 0 Å². The predicted molar refractivity (Wildman–Crippen MR) is 72.6 cm³/mol. The highest BCUT2D eigenvalue weighted by molar-refractivity contribution is 5.83. The van der Waals surface area contributed by atoms with Crippen molar-refractivity contribution in [2.75, 3.05) is 6.54 Å². The number of aromatic amines is 1. The zero-order valence-electron chi connectivity index (χ0n) is 10.6. The highest BCUT2D eigenvalue weighted by Crippen LogP contribution is 2.18. The van der Waals surface area contributed by atoms with Crippen LogP contribution in [0.2, 0.25) is 0 Å². The van der Waals surface area contributed by atoms with Crippen LogP contribution in [-0.2, 0) is 19.4 Å². The molecule has 0 unspecified atom stereocenters. The van der Waals surface area contributed by atoms with Gasteiger partial charge in [0.05, 0.1) is 6.54 Å². The van der Waals surface area contributed by atoms with Gasteiger partial charge in [0.15, 0.2) is 5.82 Å². The third-order valence-corrected chi connectivity index (χ3v) is 3.12. The van der Waals surface area contributed by atoms with E-state index in [0.29, 0.717) is 13.1 Å². The van der Waals surface area contributed by atoms with E-state index in [9.17, 15) is 0 Å². The largest absolute Gasteiger partial charge is 0.361 e. The van der Waals surface area contributed by atoms with Crippen molar-refractivity contribution in [3.05, 3.63) is 41.9 Å². The van der Waals surface area contributed by atoms with Gasteiger partial charge >= 0.3 is 0 Å². The van der Waals surface area contributed by atoms with Crippen molar-refractivity contribution in [3.8, 4) is 0 Å². The normalized spacial score (nSPS) is 11.2. The van der Waals surface area contributed by atoms with E-state index >= 15 is 0 Å².